The molecule has 9 nitrogen and oxygen atoms in total. The van der Waals surface area contributed by atoms with E-state index >= 15 is 0 Å². The standard InChI is InChI=1S/C20H24N6O3S2/c1-4-26-18(13(2)22-16(27)11-14-5-7-15(29-3)8-6-14)24-25-20(26)31-12-17(28)23-19-21-9-10-30-19/h5-10,13H,4,11-12H2,1-3H3,(H,22,27)(H,21,23,28). The number of aromatic nitrogens is 4. The number of nitrogens with one attached hydrogen (secondary N) is 2. The zero-order valence-corrected chi connectivity index (χ0v) is 19.1. The number of rotatable bonds is 10. The average Bonchev–Trinajstić information content (AvgIpc) is 3.42. The summed E-state index contributed by atoms with van der Waals surface area (Å²) in [6, 6.07) is 7.06. The van der Waals surface area contributed by atoms with Crippen molar-refractivity contribution >= 4 is 40.0 Å². The Labute approximate surface area is 188 Å². The van der Waals surface area contributed by atoms with Gasteiger partial charge in [0.2, 0.25) is 11.8 Å². The van der Waals surface area contributed by atoms with Gasteiger partial charge in [-0.3, -0.25) is 9.59 Å². The van der Waals surface area contributed by atoms with Crippen molar-refractivity contribution in [1.82, 2.24) is 25.1 Å². The first-order chi connectivity index (χ1) is 15.0. The van der Waals surface area contributed by atoms with Crippen LogP contribution in [0, 0.1) is 0 Å². The van der Waals surface area contributed by atoms with Gasteiger partial charge in [0, 0.05) is 18.1 Å². The SMILES string of the molecule is CCn1c(SCC(=O)Nc2nccs2)nnc1C(C)NC(=O)Cc1ccc(OC)cc1. The van der Waals surface area contributed by atoms with Gasteiger partial charge in [0.1, 0.15) is 5.75 Å². The maximum absolute atomic E-state index is 12.5. The highest BCUT2D eigenvalue weighted by molar-refractivity contribution is 7.99. The fourth-order valence-electron chi connectivity index (χ4n) is 2.88. The number of carbonyl (C=O) groups is 2. The van der Waals surface area contributed by atoms with Crippen LogP contribution in [0.4, 0.5) is 5.13 Å². The first-order valence-electron chi connectivity index (χ1n) is 9.67. The molecule has 0 saturated heterocycles. The van der Waals surface area contributed by atoms with Crippen LogP contribution in [0.1, 0.15) is 31.3 Å². The summed E-state index contributed by atoms with van der Waals surface area (Å²) in [7, 11) is 1.60. The third-order valence-electron chi connectivity index (χ3n) is 4.36. The first-order valence-corrected chi connectivity index (χ1v) is 11.5. The minimum Gasteiger partial charge on any atom is -0.497 e. The molecule has 0 aliphatic carbocycles. The van der Waals surface area contributed by atoms with Crippen LogP contribution in [0.25, 0.3) is 0 Å². The molecule has 31 heavy (non-hydrogen) atoms. The molecule has 2 heterocycles. The van der Waals surface area contributed by atoms with Gasteiger partial charge in [0.05, 0.1) is 25.3 Å². The molecule has 3 aromatic rings. The number of carbonyl (C=O) groups excluding carboxylic acids is 2. The summed E-state index contributed by atoms with van der Waals surface area (Å²) >= 11 is 2.66. The maximum atomic E-state index is 12.5. The molecule has 2 amide bonds. The number of thiazole rings is 1. The lowest BCUT2D eigenvalue weighted by molar-refractivity contribution is -0.121. The molecule has 0 radical (unpaired) electrons. The van der Waals surface area contributed by atoms with Crippen molar-refractivity contribution in [3.63, 3.8) is 0 Å². The summed E-state index contributed by atoms with van der Waals surface area (Å²) in [4.78, 5) is 28.6. The molecule has 2 aromatic heterocycles. The Balaban J connectivity index is 1.56. The topological polar surface area (TPSA) is 111 Å². The van der Waals surface area contributed by atoms with Crippen LogP contribution >= 0.6 is 23.1 Å². The molecule has 0 aliphatic rings. The molecule has 1 aromatic carbocycles. The van der Waals surface area contributed by atoms with Gasteiger partial charge in [-0.25, -0.2) is 4.98 Å². The highest BCUT2D eigenvalue weighted by Crippen LogP contribution is 2.21. The summed E-state index contributed by atoms with van der Waals surface area (Å²) < 4.78 is 7.04. The quantitative estimate of drug-likeness (QED) is 0.448. The summed E-state index contributed by atoms with van der Waals surface area (Å²) in [5.74, 6) is 1.32. The van der Waals surface area contributed by atoms with Gasteiger partial charge in [0.15, 0.2) is 16.1 Å². The number of benzene rings is 1. The fourth-order valence-corrected chi connectivity index (χ4v) is 4.24. The van der Waals surface area contributed by atoms with Crippen molar-refractivity contribution in [2.24, 2.45) is 0 Å². The molecule has 0 spiro atoms. The molecule has 2 N–H and O–H groups in total. The molecule has 3 rings (SSSR count). The molecule has 1 atom stereocenters. The van der Waals surface area contributed by atoms with Gasteiger partial charge < -0.3 is 19.9 Å². The Morgan fingerprint density at radius 1 is 1.23 bits per heavy atom. The van der Waals surface area contributed by atoms with E-state index < -0.39 is 0 Å². The van der Waals surface area contributed by atoms with Gasteiger partial charge in [-0.15, -0.1) is 21.5 Å². The summed E-state index contributed by atoms with van der Waals surface area (Å²) in [6.07, 6.45) is 1.89. The van der Waals surface area contributed by atoms with Crippen molar-refractivity contribution in [3.8, 4) is 5.75 Å². The lowest BCUT2D eigenvalue weighted by atomic mass is 10.1. The van der Waals surface area contributed by atoms with Crippen LogP contribution in [0.5, 0.6) is 5.75 Å². The van der Waals surface area contributed by atoms with Crippen LogP contribution < -0.4 is 15.4 Å². The second kappa shape index (κ2) is 10.9. The monoisotopic (exact) mass is 460 g/mol. The fraction of sp³-hybridized carbons (Fsp3) is 0.350. The number of methoxy groups -OCH3 is 1. The Kier molecular flexibility index (Phi) is 8.01. The van der Waals surface area contributed by atoms with Crippen molar-refractivity contribution in [3.05, 3.63) is 47.2 Å². The number of hydrogen-bond acceptors (Lipinski definition) is 8. The first kappa shape index (κ1) is 22.8. The van der Waals surface area contributed by atoms with Crippen LogP contribution in [-0.2, 0) is 22.6 Å². The van der Waals surface area contributed by atoms with Crippen LogP contribution in [0.15, 0.2) is 41.0 Å². The lowest BCUT2D eigenvalue weighted by Crippen LogP contribution is -2.30. The smallest absolute Gasteiger partial charge is 0.236 e. The van der Waals surface area contributed by atoms with E-state index in [9.17, 15) is 9.59 Å². The molecule has 0 bridgehead atoms. The molecular weight excluding hydrogens is 436 g/mol. The highest BCUT2D eigenvalue weighted by atomic mass is 32.2. The number of anilines is 1. The van der Waals surface area contributed by atoms with E-state index in [1.807, 2.05) is 42.7 Å². The van der Waals surface area contributed by atoms with Gasteiger partial charge >= 0.3 is 0 Å². The molecular formula is C20H24N6O3S2. The van der Waals surface area contributed by atoms with E-state index in [-0.39, 0.29) is 30.0 Å². The highest BCUT2D eigenvalue weighted by Gasteiger charge is 2.20. The second-order valence-corrected chi connectivity index (χ2v) is 8.41. The Bertz CT molecular complexity index is 1000. The predicted molar refractivity (Wildman–Crippen MR) is 120 cm³/mol. The predicted octanol–water partition coefficient (Wildman–Crippen LogP) is 2.91. The molecule has 11 heteroatoms. The Morgan fingerprint density at radius 2 is 2.00 bits per heavy atom. The second-order valence-electron chi connectivity index (χ2n) is 6.57. The van der Waals surface area contributed by atoms with Gasteiger partial charge in [-0.2, -0.15) is 0 Å². The molecule has 1 unspecified atom stereocenters. The van der Waals surface area contributed by atoms with Crippen molar-refractivity contribution in [2.45, 2.75) is 38.0 Å². The number of nitrogens with zero attached hydrogens (tertiary/aromatic N) is 4. The van der Waals surface area contributed by atoms with Crippen LogP contribution in [0.3, 0.4) is 0 Å². The Morgan fingerprint density at radius 3 is 2.65 bits per heavy atom. The van der Waals surface area contributed by atoms with Gasteiger partial charge in [0.25, 0.3) is 0 Å². The minimum atomic E-state index is -0.323. The number of ether oxygens (including phenoxy) is 1. The van der Waals surface area contributed by atoms with Crippen molar-refractivity contribution < 1.29 is 14.3 Å². The summed E-state index contributed by atoms with van der Waals surface area (Å²) in [5.41, 5.74) is 0.893. The van der Waals surface area contributed by atoms with E-state index in [1.54, 1.807) is 18.7 Å². The number of hydrogen-bond donors (Lipinski definition) is 2. The Hall–Kier alpha value is -2.92. The maximum Gasteiger partial charge on any atom is 0.236 e. The zero-order chi connectivity index (χ0) is 22.2. The van der Waals surface area contributed by atoms with E-state index in [0.717, 1.165) is 11.3 Å². The largest absolute Gasteiger partial charge is 0.497 e. The molecule has 0 saturated carbocycles. The molecule has 0 fully saturated rings. The lowest BCUT2D eigenvalue weighted by Gasteiger charge is -2.15. The summed E-state index contributed by atoms with van der Waals surface area (Å²) in [5, 5.41) is 17.1. The average molecular weight is 461 g/mol. The molecule has 164 valence electrons. The third kappa shape index (κ3) is 6.28. The van der Waals surface area contributed by atoms with E-state index in [4.69, 9.17) is 4.74 Å². The van der Waals surface area contributed by atoms with Gasteiger partial charge in [-0.1, -0.05) is 23.9 Å². The number of thioether (sulfide) groups is 1. The number of amides is 2. The summed E-state index contributed by atoms with van der Waals surface area (Å²) in [6.45, 7) is 4.46. The van der Waals surface area contributed by atoms with Crippen molar-refractivity contribution in [1.29, 1.82) is 0 Å². The van der Waals surface area contributed by atoms with E-state index in [1.165, 1.54) is 23.1 Å². The van der Waals surface area contributed by atoms with Crippen LogP contribution in [-0.4, -0.2) is 44.4 Å². The van der Waals surface area contributed by atoms with Gasteiger partial charge in [-0.05, 0) is 31.5 Å². The van der Waals surface area contributed by atoms with E-state index in [0.29, 0.717) is 22.7 Å². The molecule has 0 aliphatic heterocycles. The minimum absolute atomic E-state index is 0.111. The zero-order valence-electron chi connectivity index (χ0n) is 17.5. The third-order valence-corrected chi connectivity index (χ3v) is 6.02. The van der Waals surface area contributed by atoms with E-state index in [2.05, 4.69) is 25.8 Å². The normalized spacial score (nSPS) is 11.7. The van der Waals surface area contributed by atoms with Crippen molar-refractivity contribution in [2.75, 3.05) is 18.2 Å². The van der Waals surface area contributed by atoms with Crippen LogP contribution in [0.2, 0.25) is 0 Å².